The van der Waals surface area contributed by atoms with E-state index in [1.807, 2.05) is 18.7 Å². The molecule has 0 saturated carbocycles. The summed E-state index contributed by atoms with van der Waals surface area (Å²) in [6, 6.07) is 0. The van der Waals surface area contributed by atoms with E-state index in [1.54, 1.807) is 0 Å². The van der Waals surface area contributed by atoms with Crippen LogP contribution in [0.4, 0.5) is 0 Å². The molecule has 118 valence electrons. The van der Waals surface area contributed by atoms with Crippen molar-refractivity contribution < 1.29 is 23.1 Å². The zero-order chi connectivity index (χ0) is 15.2. The van der Waals surface area contributed by atoms with Crippen molar-refractivity contribution in [3.63, 3.8) is 0 Å². The molecule has 8 heteroatoms. The zero-order valence-electron chi connectivity index (χ0n) is 12.1. The fraction of sp³-hybridized carbons (Fsp3) is 0.917. The zero-order valence-corrected chi connectivity index (χ0v) is 12.9. The van der Waals surface area contributed by atoms with Crippen molar-refractivity contribution in [3.05, 3.63) is 0 Å². The number of rotatable bonds is 8. The van der Waals surface area contributed by atoms with E-state index in [4.69, 9.17) is 9.84 Å². The lowest BCUT2D eigenvalue weighted by Gasteiger charge is -2.33. The van der Waals surface area contributed by atoms with Crippen LogP contribution in [0.1, 0.15) is 20.3 Å². The highest BCUT2D eigenvalue weighted by molar-refractivity contribution is 7.89. The van der Waals surface area contributed by atoms with Crippen molar-refractivity contribution in [3.8, 4) is 0 Å². The third-order valence-corrected chi connectivity index (χ3v) is 4.99. The van der Waals surface area contributed by atoms with Crippen LogP contribution in [0.25, 0.3) is 0 Å². The molecule has 1 N–H and O–H groups in total. The number of nitrogens with zero attached hydrogens (tertiary/aromatic N) is 2. The number of piperazine rings is 1. The van der Waals surface area contributed by atoms with Crippen LogP contribution in [0.15, 0.2) is 0 Å². The summed E-state index contributed by atoms with van der Waals surface area (Å²) in [5.74, 6) is -0.828. The average molecular weight is 308 g/mol. The van der Waals surface area contributed by atoms with E-state index in [0.717, 1.165) is 0 Å². The molecule has 0 radical (unpaired) electrons. The van der Waals surface area contributed by atoms with Crippen LogP contribution in [0, 0.1) is 0 Å². The van der Waals surface area contributed by atoms with Gasteiger partial charge in [0.2, 0.25) is 10.0 Å². The fourth-order valence-electron chi connectivity index (χ4n) is 2.00. The van der Waals surface area contributed by atoms with Crippen LogP contribution in [-0.2, 0) is 19.6 Å². The summed E-state index contributed by atoms with van der Waals surface area (Å²) in [5, 5.41) is 8.62. The van der Waals surface area contributed by atoms with Crippen LogP contribution in [0.5, 0.6) is 0 Å². The molecule has 20 heavy (non-hydrogen) atoms. The van der Waals surface area contributed by atoms with Crippen LogP contribution in [0.2, 0.25) is 0 Å². The van der Waals surface area contributed by atoms with Crippen molar-refractivity contribution >= 4 is 16.0 Å². The second kappa shape index (κ2) is 7.92. The topological polar surface area (TPSA) is 87.2 Å². The van der Waals surface area contributed by atoms with Gasteiger partial charge in [-0.05, 0) is 13.8 Å². The average Bonchev–Trinajstić information content (AvgIpc) is 2.36. The van der Waals surface area contributed by atoms with Gasteiger partial charge in [-0.3, -0.25) is 4.79 Å². The number of sulfonamides is 1. The largest absolute Gasteiger partial charge is 0.481 e. The Hall–Kier alpha value is -0.700. The van der Waals surface area contributed by atoms with Gasteiger partial charge in [-0.2, -0.15) is 4.31 Å². The van der Waals surface area contributed by atoms with E-state index in [-0.39, 0.29) is 24.9 Å². The van der Waals surface area contributed by atoms with Crippen molar-refractivity contribution in [2.75, 3.05) is 45.1 Å². The molecule has 7 nitrogen and oxygen atoms in total. The predicted octanol–water partition coefficient (Wildman–Crippen LogP) is -0.166. The lowest BCUT2D eigenvalue weighted by Crippen LogP contribution is -2.49. The third kappa shape index (κ3) is 6.17. The molecule has 0 spiro atoms. The Morgan fingerprint density at radius 2 is 1.85 bits per heavy atom. The van der Waals surface area contributed by atoms with E-state index >= 15 is 0 Å². The summed E-state index contributed by atoms with van der Waals surface area (Å²) >= 11 is 0. The van der Waals surface area contributed by atoms with Crippen molar-refractivity contribution in [1.82, 2.24) is 9.21 Å². The Balaban J connectivity index is 2.34. The van der Waals surface area contributed by atoms with Crippen molar-refractivity contribution in [2.45, 2.75) is 26.4 Å². The minimum atomic E-state index is -3.27. The van der Waals surface area contributed by atoms with E-state index in [1.165, 1.54) is 4.31 Å². The van der Waals surface area contributed by atoms with Crippen molar-refractivity contribution in [2.24, 2.45) is 0 Å². The summed E-state index contributed by atoms with van der Waals surface area (Å²) < 4.78 is 30.9. The van der Waals surface area contributed by atoms with Gasteiger partial charge in [-0.15, -0.1) is 0 Å². The number of carbonyl (C=O) groups is 1. The van der Waals surface area contributed by atoms with Gasteiger partial charge in [0.1, 0.15) is 0 Å². The van der Waals surface area contributed by atoms with Gasteiger partial charge < -0.3 is 14.7 Å². The Labute approximate surface area is 120 Å². The lowest BCUT2D eigenvalue weighted by atomic mass is 10.3. The molecule has 0 aromatic carbocycles. The number of carboxylic acid groups (broad SMARTS) is 1. The van der Waals surface area contributed by atoms with Gasteiger partial charge in [0, 0.05) is 32.7 Å². The van der Waals surface area contributed by atoms with E-state index in [9.17, 15) is 13.2 Å². The van der Waals surface area contributed by atoms with Crippen LogP contribution < -0.4 is 0 Å². The molecule has 1 aliphatic heterocycles. The molecule has 0 aliphatic carbocycles. The predicted molar refractivity (Wildman–Crippen MR) is 75.1 cm³/mol. The minimum absolute atomic E-state index is 0.000303. The summed E-state index contributed by atoms with van der Waals surface area (Å²) in [6.45, 7) is 6.42. The molecule has 0 aromatic heterocycles. The first-order valence-electron chi connectivity index (χ1n) is 6.85. The number of hydrogen-bond acceptors (Lipinski definition) is 5. The summed E-state index contributed by atoms with van der Waals surface area (Å²) in [7, 11) is -3.27. The molecule has 1 rings (SSSR count). The highest BCUT2D eigenvalue weighted by Crippen LogP contribution is 2.09. The summed E-state index contributed by atoms with van der Waals surface area (Å²) in [5.41, 5.74) is 0. The molecule has 1 fully saturated rings. The van der Waals surface area contributed by atoms with Crippen LogP contribution in [0.3, 0.4) is 0 Å². The molecule has 1 saturated heterocycles. The second-order valence-corrected chi connectivity index (χ2v) is 7.21. The molecule has 0 aromatic rings. The van der Waals surface area contributed by atoms with E-state index < -0.39 is 16.0 Å². The third-order valence-electron chi connectivity index (χ3n) is 3.16. The first-order valence-corrected chi connectivity index (χ1v) is 8.46. The number of ether oxygens (including phenoxy) is 1. The van der Waals surface area contributed by atoms with Gasteiger partial charge in [0.25, 0.3) is 0 Å². The Morgan fingerprint density at radius 1 is 1.25 bits per heavy atom. The highest BCUT2D eigenvalue weighted by Gasteiger charge is 2.26. The first-order chi connectivity index (χ1) is 9.31. The second-order valence-electron chi connectivity index (χ2n) is 5.12. The Bertz CT molecular complexity index is 402. The van der Waals surface area contributed by atoms with Gasteiger partial charge >= 0.3 is 5.97 Å². The molecule has 1 aliphatic rings. The van der Waals surface area contributed by atoms with Gasteiger partial charge in [-0.1, -0.05) is 0 Å². The fourth-order valence-corrected chi connectivity index (χ4v) is 3.29. The molecule has 0 bridgehead atoms. The summed E-state index contributed by atoms with van der Waals surface area (Å²) in [4.78, 5) is 12.5. The maximum absolute atomic E-state index is 12.1. The standard InChI is InChI=1S/C12H24N2O5S/c1-11(2)19-9-10-20(17,18)14-7-5-13(6-8-14)4-3-12(15)16/h11H,3-10H2,1-2H3,(H,15,16). The molecule has 0 atom stereocenters. The maximum atomic E-state index is 12.1. The molecular formula is C12H24N2O5S. The lowest BCUT2D eigenvalue weighted by molar-refractivity contribution is -0.137. The molecule has 0 unspecified atom stereocenters. The normalized spacial score (nSPS) is 18.6. The SMILES string of the molecule is CC(C)OCCS(=O)(=O)N1CCN(CCC(=O)O)CC1. The van der Waals surface area contributed by atoms with Gasteiger partial charge in [-0.25, -0.2) is 8.42 Å². The Morgan fingerprint density at radius 3 is 2.35 bits per heavy atom. The minimum Gasteiger partial charge on any atom is -0.481 e. The Kier molecular flexibility index (Phi) is 6.87. The van der Waals surface area contributed by atoms with Crippen LogP contribution in [-0.4, -0.2) is 79.9 Å². The van der Waals surface area contributed by atoms with Gasteiger partial charge in [0.15, 0.2) is 0 Å². The van der Waals surface area contributed by atoms with E-state index in [2.05, 4.69) is 0 Å². The quantitative estimate of drug-likeness (QED) is 0.670. The van der Waals surface area contributed by atoms with Crippen molar-refractivity contribution in [1.29, 1.82) is 0 Å². The monoisotopic (exact) mass is 308 g/mol. The maximum Gasteiger partial charge on any atom is 0.304 e. The molecule has 0 amide bonds. The molecular weight excluding hydrogens is 284 g/mol. The number of aliphatic carboxylic acids is 1. The number of carboxylic acids is 1. The van der Waals surface area contributed by atoms with Crippen LogP contribution >= 0.6 is 0 Å². The smallest absolute Gasteiger partial charge is 0.304 e. The van der Waals surface area contributed by atoms with Gasteiger partial charge in [0.05, 0.1) is 24.9 Å². The first kappa shape index (κ1) is 17.4. The van der Waals surface area contributed by atoms with E-state index in [0.29, 0.717) is 32.7 Å². The number of hydrogen-bond donors (Lipinski definition) is 1. The highest BCUT2D eigenvalue weighted by atomic mass is 32.2. The molecule has 1 heterocycles. The summed E-state index contributed by atoms with van der Waals surface area (Å²) in [6.07, 6.45) is 0.118.